The van der Waals surface area contributed by atoms with Crippen molar-refractivity contribution in [1.82, 2.24) is 14.8 Å². The maximum atomic E-state index is 11.8. The molecule has 0 atom stereocenters. The fourth-order valence-electron chi connectivity index (χ4n) is 1.34. The van der Waals surface area contributed by atoms with E-state index in [2.05, 4.69) is 14.8 Å². The lowest BCUT2D eigenvalue weighted by atomic mass is 10.2. The van der Waals surface area contributed by atoms with Crippen molar-refractivity contribution in [3.05, 3.63) is 12.2 Å². The topological polar surface area (TPSA) is 57.0 Å². The van der Waals surface area contributed by atoms with Gasteiger partial charge in [0.05, 0.1) is 6.42 Å². The Hall–Kier alpha value is -1.44. The predicted molar refractivity (Wildman–Crippen MR) is 56.0 cm³/mol. The third kappa shape index (κ3) is 4.82. The molecule has 1 heterocycles. The Morgan fingerprint density at radius 2 is 2.17 bits per heavy atom. The van der Waals surface area contributed by atoms with Crippen molar-refractivity contribution >= 4 is 5.78 Å². The standard InChI is InChI=1S/C10H14F3N3O2/c1-7(2)16-9(14-6-15-16)3-8(17)4-18-5-10(11,12)13/h6-7H,3-5H2,1-2H3. The summed E-state index contributed by atoms with van der Waals surface area (Å²) in [5.41, 5.74) is 0. The molecule has 0 aliphatic heterocycles. The average molecular weight is 265 g/mol. The number of Topliss-reactive ketones (excluding diaryl/α,β-unsaturated/α-hetero) is 1. The molecule has 0 fully saturated rings. The first-order valence-corrected chi connectivity index (χ1v) is 5.34. The van der Waals surface area contributed by atoms with Gasteiger partial charge in [0.1, 0.15) is 25.4 Å². The van der Waals surface area contributed by atoms with E-state index in [9.17, 15) is 18.0 Å². The van der Waals surface area contributed by atoms with Gasteiger partial charge in [-0.2, -0.15) is 18.3 Å². The second-order valence-corrected chi connectivity index (χ2v) is 4.04. The second kappa shape index (κ2) is 5.94. The van der Waals surface area contributed by atoms with E-state index in [0.717, 1.165) is 0 Å². The Bertz CT molecular complexity index is 401. The molecule has 0 aliphatic rings. The zero-order chi connectivity index (χ0) is 13.8. The number of carbonyl (C=O) groups is 1. The maximum absolute atomic E-state index is 11.8. The van der Waals surface area contributed by atoms with Crippen LogP contribution in [0.3, 0.4) is 0 Å². The van der Waals surface area contributed by atoms with Gasteiger partial charge in [-0.3, -0.25) is 4.79 Å². The van der Waals surface area contributed by atoms with Crippen molar-refractivity contribution < 1.29 is 22.7 Å². The molecule has 0 N–H and O–H groups in total. The molecule has 1 rings (SSSR count). The van der Waals surface area contributed by atoms with Gasteiger partial charge in [0.15, 0.2) is 5.78 Å². The largest absolute Gasteiger partial charge is 0.411 e. The normalized spacial score (nSPS) is 12.1. The van der Waals surface area contributed by atoms with Crippen LogP contribution in [-0.2, 0) is 16.0 Å². The van der Waals surface area contributed by atoms with E-state index in [0.29, 0.717) is 5.82 Å². The lowest BCUT2D eigenvalue weighted by Gasteiger charge is -2.09. The summed E-state index contributed by atoms with van der Waals surface area (Å²) in [6.45, 7) is 1.73. The number of ketones is 1. The molecule has 0 unspecified atom stereocenters. The molecule has 0 amide bonds. The molecule has 0 aliphatic carbocycles. The molecular formula is C10H14F3N3O2. The number of halogens is 3. The van der Waals surface area contributed by atoms with Crippen molar-refractivity contribution in [3.8, 4) is 0 Å². The van der Waals surface area contributed by atoms with E-state index in [1.807, 2.05) is 13.8 Å². The van der Waals surface area contributed by atoms with Crippen LogP contribution < -0.4 is 0 Å². The van der Waals surface area contributed by atoms with Crippen LogP contribution >= 0.6 is 0 Å². The summed E-state index contributed by atoms with van der Waals surface area (Å²) in [5, 5.41) is 3.92. The summed E-state index contributed by atoms with van der Waals surface area (Å²) in [7, 11) is 0. The van der Waals surface area contributed by atoms with Crippen LogP contribution in [0.25, 0.3) is 0 Å². The molecule has 0 aromatic carbocycles. The van der Waals surface area contributed by atoms with Gasteiger partial charge in [-0.1, -0.05) is 0 Å². The number of hydrogen-bond acceptors (Lipinski definition) is 4. The zero-order valence-electron chi connectivity index (χ0n) is 10.1. The highest BCUT2D eigenvalue weighted by molar-refractivity contribution is 5.81. The minimum atomic E-state index is -4.42. The minimum Gasteiger partial charge on any atom is -0.364 e. The molecule has 1 aromatic heterocycles. The van der Waals surface area contributed by atoms with Gasteiger partial charge in [0.25, 0.3) is 0 Å². The number of nitrogens with zero attached hydrogens (tertiary/aromatic N) is 3. The summed E-state index contributed by atoms with van der Waals surface area (Å²) in [6, 6.07) is 0.0337. The summed E-state index contributed by atoms with van der Waals surface area (Å²) in [5.74, 6) is -0.0419. The Balaban J connectivity index is 2.43. The maximum Gasteiger partial charge on any atom is 0.411 e. The van der Waals surface area contributed by atoms with Crippen LogP contribution in [0, 0.1) is 0 Å². The Kier molecular flexibility index (Phi) is 4.83. The van der Waals surface area contributed by atoms with Crippen LogP contribution in [0.5, 0.6) is 0 Å². The molecule has 0 saturated heterocycles. The molecule has 0 saturated carbocycles. The van der Waals surface area contributed by atoms with E-state index in [1.54, 1.807) is 4.68 Å². The molecule has 5 nitrogen and oxygen atoms in total. The van der Waals surface area contributed by atoms with Crippen LogP contribution in [0.15, 0.2) is 6.33 Å². The van der Waals surface area contributed by atoms with Gasteiger partial charge in [-0.15, -0.1) is 0 Å². The third-order valence-corrected chi connectivity index (χ3v) is 2.02. The van der Waals surface area contributed by atoms with Crippen LogP contribution in [0.1, 0.15) is 25.7 Å². The molecular weight excluding hydrogens is 251 g/mol. The van der Waals surface area contributed by atoms with Crippen LogP contribution in [0.4, 0.5) is 13.2 Å². The lowest BCUT2D eigenvalue weighted by Crippen LogP contribution is -2.22. The average Bonchev–Trinajstić information content (AvgIpc) is 2.63. The Labute approximate surface area is 102 Å². The number of aromatic nitrogens is 3. The fourth-order valence-corrected chi connectivity index (χ4v) is 1.34. The van der Waals surface area contributed by atoms with Crippen molar-refractivity contribution in [1.29, 1.82) is 0 Å². The molecule has 18 heavy (non-hydrogen) atoms. The SMILES string of the molecule is CC(C)n1ncnc1CC(=O)COCC(F)(F)F. The van der Waals surface area contributed by atoms with E-state index >= 15 is 0 Å². The summed E-state index contributed by atoms with van der Waals surface area (Å²) >= 11 is 0. The third-order valence-electron chi connectivity index (χ3n) is 2.02. The van der Waals surface area contributed by atoms with Crippen LogP contribution in [0.2, 0.25) is 0 Å². The first-order chi connectivity index (χ1) is 8.29. The van der Waals surface area contributed by atoms with E-state index in [1.165, 1.54) is 6.33 Å². The monoisotopic (exact) mass is 265 g/mol. The smallest absolute Gasteiger partial charge is 0.364 e. The number of rotatable bonds is 6. The molecule has 1 aromatic rings. The second-order valence-electron chi connectivity index (χ2n) is 4.04. The first-order valence-electron chi connectivity index (χ1n) is 5.34. The van der Waals surface area contributed by atoms with Gasteiger partial charge in [0.2, 0.25) is 0 Å². The van der Waals surface area contributed by atoms with Crippen molar-refractivity contribution in [2.24, 2.45) is 0 Å². The van der Waals surface area contributed by atoms with Crippen LogP contribution in [-0.4, -0.2) is 39.9 Å². The van der Waals surface area contributed by atoms with Gasteiger partial charge >= 0.3 is 6.18 Å². The van der Waals surface area contributed by atoms with Gasteiger partial charge < -0.3 is 4.74 Å². The highest BCUT2D eigenvalue weighted by atomic mass is 19.4. The number of carbonyl (C=O) groups excluding carboxylic acids is 1. The lowest BCUT2D eigenvalue weighted by molar-refractivity contribution is -0.175. The predicted octanol–water partition coefficient (Wildman–Crippen LogP) is 1.55. The first kappa shape index (κ1) is 14.6. The van der Waals surface area contributed by atoms with Crippen molar-refractivity contribution in [3.63, 3.8) is 0 Å². The number of ether oxygens (including phenoxy) is 1. The van der Waals surface area contributed by atoms with Crippen molar-refractivity contribution in [2.45, 2.75) is 32.5 Å². The summed E-state index contributed by atoms with van der Waals surface area (Å²) in [6.07, 6.45) is -3.20. The van der Waals surface area contributed by atoms with E-state index < -0.39 is 25.2 Å². The van der Waals surface area contributed by atoms with E-state index in [4.69, 9.17) is 0 Å². The van der Waals surface area contributed by atoms with Gasteiger partial charge in [-0.25, -0.2) is 9.67 Å². The highest BCUT2D eigenvalue weighted by Gasteiger charge is 2.27. The molecule has 102 valence electrons. The number of hydrogen-bond donors (Lipinski definition) is 0. The molecule has 0 bridgehead atoms. The Morgan fingerprint density at radius 1 is 1.50 bits per heavy atom. The van der Waals surface area contributed by atoms with Crippen molar-refractivity contribution in [2.75, 3.05) is 13.2 Å². The van der Waals surface area contributed by atoms with E-state index in [-0.39, 0.29) is 12.5 Å². The molecule has 0 radical (unpaired) electrons. The zero-order valence-corrected chi connectivity index (χ0v) is 10.1. The van der Waals surface area contributed by atoms with Gasteiger partial charge in [0, 0.05) is 6.04 Å². The number of alkyl halides is 3. The molecule has 0 spiro atoms. The molecule has 8 heteroatoms. The quantitative estimate of drug-likeness (QED) is 0.783. The highest BCUT2D eigenvalue weighted by Crippen LogP contribution is 2.14. The fraction of sp³-hybridized carbons (Fsp3) is 0.700. The minimum absolute atomic E-state index is 0.0337. The van der Waals surface area contributed by atoms with Gasteiger partial charge in [-0.05, 0) is 13.8 Å². The summed E-state index contributed by atoms with van der Waals surface area (Å²) < 4.78 is 41.2. The Morgan fingerprint density at radius 3 is 2.72 bits per heavy atom. The summed E-state index contributed by atoms with van der Waals surface area (Å²) in [4.78, 5) is 15.3.